The summed E-state index contributed by atoms with van der Waals surface area (Å²) in [6, 6.07) is 18.0. The maximum atomic E-state index is 12.3. The van der Waals surface area contributed by atoms with Crippen molar-refractivity contribution in [3.63, 3.8) is 0 Å². The molecule has 1 saturated heterocycles. The third-order valence-corrected chi connectivity index (χ3v) is 4.63. The number of carbonyl (C=O) groups is 1. The van der Waals surface area contributed by atoms with Crippen molar-refractivity contribution >= 4 is 5.91 Å². The fourth-order valence-corrected chi connectivity index (χ4v) is 3.08. The Bertz CT molecular complexity index is 664. The molecule has 3 rings (SSSR count). The van der Waals surface area contributed by atoms with Crippen LogP contribution in [-0.2, 0) is 11.3 Å². The van der Waals surface area contributed by atoms with E-state index in [0.29, 0.717) is 0 Å². The molecule has 0 aliphatic carbocycles. The normalized spacial score (nSPS) is 15.3. The summed E-state index contributed by atoms with van der Waals surface area (Å²) in [5.41, 5.74) is 2.75. The molecule has 0 saturated carbocycles. The van der Waals surface area contributed by atoms with Gasteiger partial charge in [0.1, 0.15) is 12.3 Å². The van der Waals surface area contributed by atoms with E-state index in [-0.39, 0.29) is 12.5 Å². The van der Waals surface area contributed by atoms with Gasteiger partial charge in [-0.1, -0.05) is 42.5 Å². The Kier molecular flexibility index (Phi) is 5.49. The molecule has 0 unspecified atom stereocenters. The van der Waals surface area contributed by atoms with Gasteiger partial charge in [0.25, 0.3) is 5.91 Å². The van der Waals surface area contributed by atoms with Gasteiger partial charge in [0.05, 0.1) is 26.2 Å². The summed E-state index contributed by atoms with van der Waals surface area (Å²) >= 11 is 0. The van der Waals surface area contributed by atoms with E-state index in [0.717, 1.165) is 38.5 Å². The first kappa shape index (κ1) is 16.5. The molecule has 1 aliphatic rings. The highest BCUT2D eigenvalue weighted by Crippen LogP contribution is 2.08. The zero-order chi connectivity index (χ0) is 16.8. The Morgan fingerprint density at radius 1 is 1.04 bits per heavy atom. The monoisotopic (exact) mass is 325 g/mol. The molecule has 1 aliphatic heterocycles. The Balaban J connectivity index is 1.44. The second-order valence-corrected chi connectivity index (χ2v) is 6.34. The molecular weight excluding hydrogens is 300 g/mol. The van der Waals surface area contributed by atoms with Gasteiger partial charge in [-0.15, -0.1) is 0 Å². The fraction of sp³-hybridized carbons (Fsp3) is 0.350. The highest BCUT2D eigenvalue weighted by molar-refractivity contribution is 5.77. The molecule has 0 atom stereocenters. The van der Waals surface area contributed by atoms with Crippen LogP contribution in [0.25, 0.3) is 0 Å². The molecule has 1 N–H and O–H groups in total. The van der Waals surface area contributed by atoms with Gasteiger partial charge >= 0.3 is 0 Å². The Labute approximate surface area is 143 Å². The van der Waals surface area contributed by atoms with Gasteiger partial charge < -0.3 is 14.5 Å². The van der Waals surface area contributed by atoms with E-state index in [4.69, 9.17) is 4.74 Å². The van der Waals surface area contributed by atoms with Gasteiger partial charge in [-0.2, -0.15) is 0 Å². The molecule has 24 heavy (non-hydrogen) atoms. The highest BCUT2D eigenvalue weighted by Gasteiger charge is 2.24. The number of aryl methyl sites for hydroxylation is 1. The molecule has 0 radical (unpaired) electrons. The van der Waals surface area contributed by atoms with Crippen molar-refractivity contribution in [2.24, 2.45) is 0 Å². The van der Waals surface area contributed by atoms with Crippen LogP contribution in [-0.4, -0.2) is 43.6 Å². The number of benzene rings is 2. The first-order chi connectivity index (χ1) is 11.7. The molecule has 0 spiro atoms. The zero-order valence-electron chi connectivity index (χ0n) is 14.2. The van der Waals surface area contributed by atoms with Crippen LogP contribution in [0.5, 0.6) is 5.75 Å². The summed E-state index contributed by atoms with van der Waals surface area (Å²) in [5.74, 6) is 0.823. The second-order valence-electron chi connectivity index (χ2n) is 6.34. The molecule has 126 valence electrons. The van der Waals surface area contributed by atoms with E-state index in [9.17, 15) is 4.79 Å². The number of amides is 1. The summed E-state index contributed by atoms with van der Waals surface area (Å²) in [5, 5.41) is 0. The summed E-state index contributed by atoms with van der Waals surface area (Å²) in [7, 11) is 0. The van der Waals surface area contributed by atoms with E-state index in [1.54, 1.807) is 0 Å². The first-order valence-corrected chi connectivity index (χ1v) is 8.56. The van der Waals surface area contributed by atoms with Crippen LogP contribution in [0.4, 0.5) is 0 Å². The lowest BCUT2D eigenvalue weighted by Gasteiger charge is -2.32. The predicted molar refractivity (Wildman–Crippen MR) is 94.1 cm³/mol. The molecule has 0 aromatic heterocycles. The van der Waals surface area contributed by atoms with Crippen molar-refractivity contribution in [2.75, 3.05) is 32.8 Å². The van der Waals surface area contributed by atoms with Crippen LogP contribution in [0.3, 0.4) is 0 Å². The van der Waals surface area contributed by atoms with E-state index in [1.807, 2.05) is 35.2 Å². The van der Waals surface area contributed by atoms with Gasteiger partial charge in [-0.3, -0.25) is 4.79 Å². The first-order valence-electron chi connectivity index (χ1n) is 8.56. The lowest BCUT2D eigenvalue weighted by molar-refractivity contribution is -0.917. The molecular formula is C20H25N2O2+. The predicted octanol–water partition coefficient (Wildman–Crippen LogP) is 1.30. The van der Waals surface area contributed by atoms with E-state index in [1.165, 1.54) is 16.0 Å². The minimum atomic E-state index is 0.0776. The Morgan fingerprint density at radius 3 is 2.42 bits per heavy atom. The molecule has 2 aromatic rings. The van der Waals surface area contributed by atoms with Crippen molar-refractivity contribution in [1.82, 2.24) is 4.90 Å². The summed E-state index contributed by atoms with van der Waals surface area (Å²) in [6.45, 7) is 6.91. The number of nitrogens with zero attached hydrogens (tertiary/aromatic N) is 1. The SMILES string of the molecule is Cc1ccccc1C[NH+]1CCN(C(=O)COc2ccccc2)CC1. The smallest absolute Gasteiger partial charge is 0.260 e. The standard InChI is InChI=1S/C20H24N2O2/c1-17-7-5-6-8-18(17)15-21-11-13-22(14-12-21)20(23)16-24-19-9-3-2-4-10-19/h2-10H,11-16H2,1H3/p+1. The molecule has 2 aromatic carbocycles. The molecule has 4 nitrogen and oxygen atoms in total. The number of rotatable bonds is 5. The van der Waals surface area contributed by atoms with Crippen LogP contribution >= 0.6 is 0 Å². The van der Waals surface area contributed by atoms with Gasteiger partial charge in [0.15, 0.2) is 6.61 Å². The summed E-state index contributed by atoms with van der Waals surface area (Å²) in [4.78, 5) is 15.7. The highest BCUT2D eigenvalue weighted by atomic mass is 16.5. The van der Waals surface area contributed by atoms with Gasteiger partial charge in [-0.05, 0) is 24.6 Å². The van der Waals surface area contributed by atoms with Gasteiger partial charge in [0.2, 0.25) is 0 Å². The lowest BCUT2D eigenvalue weighted by atomic mass is 10.1. The second kappa shape index (κ2) is 7.97. The lowest BCUT2D eigenvalue weighted by Crippen LogP contribution is -3.13. The minimum absolute atomic E-state index is 0.0776. The number of ether oxygens (including phenoxy) is 1. The maximum absolute atomic E-state index is 12.3. The van der Waals surface area contributed by atoms with Crippen LogP contribution in [0.1, 0.15) is 11.1 Å². The number of piperazine rings is 1. The maximum Gasteiger partial charge on any atom is 0.260 e. The van der Waals surface area contributed by atoms with Crippen molar-refractivity contribution in [3.8, 4) is 5.75 Å². The van der Waals surface area contributed by atoms with E-state index < -0.39 is 0 Å². The molecule has 1 heterocycles. The van der Waals surface area contributed by atoms with Crippen LogP contribution in [0, 0.1) is 6.92 Å². The van der Waals surface area contributed by atoms with Crippen molar-refractivity contribution in [1.29, 1.82) is 0 Å². The minimum Gasteiger partial charge on any atom is -0.484 e. The summed E-state index contributed by atoms with van der Waals surface area (Å²) < 4.78 is 5.56. The number of carbonyl (C=O) groups excluding carboxylic acids is 1. The van der Waals surface area contributed by atoms with Crippen molar-refractivity contribution in [2.45, 2.75) is 13.5 Å². The third kappa shape index (κ3) is 4.36. The number of hydrogen-bond acceptors (Lipinski definition) is 2. The van der Waals surface area contributed by atoms with Crippen molar-refractivity contribution in [3.05, 3.63) is 65.7 Å². The van der Waals surface area contributed by atoms with E-state index >= 15 is 0 Å². The van der Waals surface area contributed by atoms with Crippen LogP contribution in [0.15, 0.2) is 54.6 Å². The van der Waals surface area contributed by atoms with Crippen LogP contribution < -0.4 is 9.64 Å². The Hall–Kier alpha value is -2.33. The number of nitrogens with one attached hydrogen (secondary N) is 1. The average molecular weight is 325 g/mol. The molecule has 1 amide bonds. The number of para-hydroxylation sites is 1. The van der Waals surface area contributed by atoms with Crippen LogP contribution in [0.2, 0.25) is 0 Å². The third-order valence-electron chi connectivity index (χ3n) is 4.63. The molecule has 4 heteroatoms. The molecule has 0 bridgehead atoms. The van der Waals surface area contributed by atoms with E-state index in [2.05, 4.69) is 31.2 Å². The summed E-state index contributed by atoms with van der Waals surface area (Å²) in [6.07, 6.45) is 0. The molecule has 1 fully saturated rings. The van der Waals surface area contributed by atoms with Gasteiger partial charge in [0, 0.05) is 5.56 Å². The quantitative estimate of drug-likeness (QED) is 0.899. The number of hydrogen-bond donors (Lipinski definition) is 1. The van der Waals surface area contributed by atoms with Gasteiger partial charge in [-0.25, -0.2) is 0 Å². The topological polar surface area (TPSA) is 34.0 Å². The fourth-order valence-electron chi connectivity index (χ4n) is 3.08. The average Bonchev–Trinajstić information content (AvgIpc) is 2.63. The number of quaternary nitrogens is 1. The largest absolute Gasteiger partial charge is 0.484 e. The van der Waals surface area contributed by atoms with Crippen molar-refractivity contribution < 1.29 is 14.4 Å². The zero-order valence-corrected chi connectivity index (χ0v) is 14.2. The Morgan fingerprint density at radius 2 is 1.71 bits per heavy atom.